The van der Waals surface area contributed by atoms with E-state index >= 15 is 0 Å². The fourth-order valence-corrected chi connectivity index (χ4v) is 2.59. The largest absolute Gasteiger partial charge is 0.454 e. The van der Waals surface area contributed by atoms with Crippen molar-refractivity contribution >= 4 is 11.6 Å². The highest BCUT2D eigenvalue weighted by Gasteiger charge is 2.18. The smallest absolute Gasteiger partial charge is 0.231 e. The van der Waals surface area contributed by atoms with Gasteiger partial charge in [0.15, 0.2) is 11.5 Å². The molecule has 0 saturated carbocycles. The van der Waals surface area contributed by atoms with Crippen molar-refractivity contribution in [1.29, 1.82) is 0 Å². The fraction of sp³-hybridized carbons (Fsp3) is 0.538. The van der Waals surface area contributed by atoms with Gasteiger partial charge in [-0.2, -0.15) is 0 Å². The predicted molar refractivity (Wildman–Crippen MR) is 68.3 cm³/mol. The van der Waals surface area contributed by atoms with Crippen molar-refractivity contribution in [3.8, 4) is 11.5 Å². The third kappa shape index (κ3) is 2.55. The van der Waals surface area contributed by atoms with Crippen LogP contribution in [0.25, 0.3) is 0 Å². The first-order valence-electron chi connectivity index (χ1n) is 6.23. The van der Waals surface area contributed by atoms with Crippen LogP contribution in [-0.4, -0.2) is 26.0 Å². The van der Waals surface area contributed by atoms with Crippen molar-refractivity contribution in [3.05, 3.63) is 22.7 Å². The molecule has 3 rings (SSSR count). The van der Waals surface area contributed by atoms with Gasteiger partial charge in [0.2, 0.25) is 6.79 Å². The van der Waals surface area contributed by atoms with Gasteiger partial charge in [0, 0.05) is 19.7 Å². The van der Waals surface area contributed by atoms with Crippen LogP contribution in [0.1, 0.15) is 18.4 Å². The van der Waals surface area contributed by atoms with Crippen LogP contribution in [0.2, 0.25) is 5.02 Å². The van der Waals surface area contributed by atoms with Crippen LogP contribution in [0.3, 0.4) is 0 Å². The Kier molecular flexibility index (Phi) is 3.59. The van der Waals surface area contributed by atoms with Gasteiger partial charge in [-0.05, 0) is 30.5 Å². The monoisotopic (exact) mass is 269 g/mol. The molecule has 0 radical (unpaired) electrons. The summed E-state index contributed by atoms with van der Waals surface area (Å²) in [5.74, 6) is 1.39. The van der Waals surface area contributed by atoms with Crippen molar-refractivity contribution < 1.29 is 14.2 Å². The summed E-state index contributed by atoms with van der Waals surface area (Å²) in [7, 11) is 0. The van der Waals surface area contributed by atoms with Crippen LogP contribution < -0.4 is 14.8 Å². The number of rotatable bonds is 4. The molecule has 0 aliphatic carbocycles. The molecule has 4 nitrogen and oxygen atoms in total. The highest BCUT2D eigenvalue weighted by Crippen LogP contribution is 2.39. The third-order valence-corrected chi connectivity index (χ3v) is 3.49. The quantitative estimate of drug-likeness (QED) is 0.911. The van der Waals surface area contributed by atoms with Crippen molar-refractivity contribution in [1.82, 2.24) is 5.32 Å². The van der Waals surface area contributed by atoms with Crippen LogP contribution in [0.15, 0.2) is 12.1 Å². The Morgan fingerprint density at radius 3 is 3.11 bits per heavy atom. The zero-order valence-electron chi connectivity index (χ0n) is 10.1. The molecule has 2 heterocycles. The summed E-state index contributed by atoms with van der Waals surface area (Å²) in [6.07, 6.45) is 2.67. The molecule has 1 saturated heterocycles. The molecule has 98 valence electrons. The van der Waals surface area contributed by atoms with Gasteiger partial charge in [-0.1, -0.05) is 11.6 Å². The number of hydrogen-bond acceptors (Lipinski definition) is 4. The van der Waals surface area contributed by atoms with E-state index in [0.717, 1.165) is 37.4 Å². The van der Waals surface area contributed by atoms with E-state index in [1.165, 1.54) is 6.42 Å². The van der Waals surface area contributed by atoms with Crippen LogP contribution in [0, 0.1) is 0 Å². The molecule has 0 spiro atoms. The van der Waals surface area contributed by atoms with Crippen molar-refractivity contribution in [2.24, 2.45) is 0 Å². The highest BCUT2D eigenvalue weighted by molar-refractivity contribution is 6.32. The molecular formula is C13H16ClNO3. The number of benzene rings is 1. The van der Waals surface area contributed by atoms with E-state index in [0.29, 0.717) is 16.9 Å². The Labute approximate surface area is 111 Å². The Hall–Kier alpha value is -0.970. The van der Waals surface area contributed by atoms with Crippen LogP contribution in [-0.2, 0) is 11.3 Å². The molecule has 5 heteroatoms. The summed E-state index contributed by atoms with van der Waals surface area (Å²) < 4.78 is 16.2. The maximum atomic E-state index is 6.12. The van der Waals surface area contributed by atoms with E-state index in [2.05, 4.69) is 5.32 Å². The lowest BCUT2D eigenvalue weighted by atomic mass is 10.2. The summed E-state index contributed by atoms with van der Waals surface area (Å²) in [6.45, 7) is 2.78. The van der Waals surface area contributed by atoms with Gasteiger partial charge in [-0.15, -0.1) is 0 Å². The van der Waals surface area contributed by atoms with Gasteiger partial charge in [-0.25, -0.2) is 0 Å². The lowest BCUT2D eigenvalue weighted by Crippen LogP contribution is -2.25. The van der Waals surface area contributed by atoms with Gasteiger partial charge < -0.3 is 19.5 Å². The summed E-state index contributed by atoms with van der Waals surface area (Å²) in [6, 6.07) is 3.88. The van der Waals surface area contributed by atoms with Crippen molar-refractivity contribution in [2.45, 2.75) is 25.5 Å². The Morgan fingerprint density at radius 2 is 2.28 bits per heavy atom. The van der Waals surface area contributed by atoms with Crippen LogP contribution >= 0.6 is 11.6 Å². The molecular weight excluding hydrogens is 254 g/mol. The molecule has 1 fully saturated rings. The molecule has 1 aromatic rings. The Morgan fingerprint density at radius 1 is 1.33 bits per heavy atom. The zero-order valence-corrected chi connectivity index (χ0v) is 10.8. The molecule has 0 bridgehead atoms. The average Bonchev–Trinajstić information content (AvgIpc) is 2.99. The first-order chi connectivity index (χ1) is 8.83. The minimum absolute atomic E-state index is 0.252. The van der Waals surface area contributed by atoms with Gasteiger partial charge in [0.1, 0.15) is 0 Å². The molecule has 2 aliphatic rings. The minimum atomic E-state index is 0.252. The lowest BCUT2D eigenvalue weighted by Gasteiger charge is -2.11. The second-order valence-corrected chi connectivity index (χ2v) is 4.98. The average molecular weight is 270 g/mol. The number of nitrogens with one attached hydrogen (secondary N) is 1. The molecule has 1 unspecified atom stereocenters. The summed E-state index contributed by atoms with van der Waals surface area (Å²) in [4.78, 5) is 0. The normalized spacial score (nSPS) is 21.5. The van der Waals surface area contributed by atoms with Crippen molar-refractivity contribution in [3.63, 3.8) is 0 Å². The van der Waals surface area contributed by atoms with E-state index < -0.39 is 0 Å². The SMILES string of the molecule is Clc1cc(CNCC2CCCO2)cc2c1OCO2. The summed E-state index contributed by atoms with van der Waals surface area (Å²) in [5.41, 5.74) is 1.10. The highest BCUT2D eigenvalue weighted by atomic mass is 35.5. The molecule has 18 heavy (non-hydrogen) atoms. The molecule has 0 amide bonds. The molecule has 0 aromatic heterocycles. The summed E-state index contributed by atoms with van der Waals surface area (Å²) >= 11 is 6.12. The fourth-order valence-electron chi connectivity index (χ4n) is 2.31. The van der Waals surface area contributed by atoms with Gasteiger partial charge >= 0.3 is 0 Å². The van der Waals surface area contributed by atoms with E-state index in [1.54, 1.807) is 0 Å². The zero-order chi connectivity index (χ0) is 12.4. The van der Waals surface area contributed by atoms with E-state index in [1.807, 2.05) is 12.1 Å². The topological polar surface area (TPSA) is 39.7 Å². The van der Waals surface area contributed by atoms with E-state index in [4.69, 9.17) is 25.8 Å². The van der Waals surface area contributed by atoms with E-state index in [9.17, 15) is 0 Å². The minimum Gasteiger partial charge on any atom is -0.454 e. The molecule has 2 aliphatic heterocycles. The van der Waals surface area contributed by atoms with Gasteiger partial charge in [0.05, 0.1) is 11.1 Å². The summed E-state index contributed by atoms with van der Waals surface area (Å²) in [5, 5.41) is 3.99. The van der Waals surface area contributed by atoms with Gasteiger partial charge in [0.25, 0.3) is 0 Å². The van der Waals surface area contributed by atoms with Gasteiger partial charge in [-0.3, -0.25) is 0 Å². The number of fused-ring (bicyclic) bond motifs is 1. The standard InChI is InChI=1S/C13H16ClNO3/c14-11-4-9(5-12-13(11)18-8-17-12)6-15-7-10-2-1-3-16-10/h4-5,10,15H,1-3,6-8H2. The molecule has 1 atom stereocenters. The maximum Gasteiger partial charge on any atom is 0.231 e. The molecule has 1 aromatic carbocycles. The molecule has 1 N–H and O–H groups in total. The Balaban J connectivity index is 1.57. The van der Waals surface area contributed by atoms with Crippen LogP contribution in [0.5, 0.6) is 11.5 Å². The number of hydrogen-bond donors (Lipinski definition) is 1. The number of ether oxygens (including phenoxy) is 3. The third-order valence-electron chi connectivity index (χ3n) is 3.21. The van der Waals surface area contributed by atoms with Crippen LogP contribution in [0.4, 0.5) is 0 Å². The Bertz CT molecular complexity index is 432. The second kappa shape index (κ2) is 5.34. The lowest BCUT2D eigenvalue weighted by molar-refractivity contribution is 0.110. The number of halogens is 1. The maximum absolute atomic E-state index is 6.12. The first kappa shape index (κ1) is 12.1. The first-order valence-corrected chi connectivity index (χ1v) is 6.61. The predicted octanol–water partition coefficient (Wildman–Crippen LogP) is 2.34. The second-order valence-electron chi connectivity index (χ2n) is 4.58. The van der Waals surface area contributed by atoms with Crippen molar-refractivity contribution in [2.75, 3.05) is 19.9 Å². The van der Waals surface area contributed by atoms with E-state index in [-0.39, 0.29) is 6.79 Å².